The molecule has 0 bridgehead atoms. The summed E-state index contributed by atoms with van der Waals surface area (Å²) in [6.07, 6.45) is 0. The maximum atomic E-state index is 12.8. The Morgan fingerprint density at radius 3 is 2.25 bits per heavy atom. The van der Waals surface area contributed by atoms with Crippen molar-refractivity contribution in [2.45, 2.75) is 6.92 Å². The molecule has 1 aromatic carbocycles. The van der Waals surface area contributed by atoms with E-state index in [0.29, 0.717) is 0 Å². The van der Waals surface area contributed by atoms with Crippen molar-refractivity contribution in [3.05, 3.63) is 29.8 Å². The first kappa shape index (κ1) is 8.64. The molecule has 0 unspecified atom stereocenters. The zero-order valence-electron chi connectivity index (χ0n) is 6.51. The van der Waals surface area contributed by atoms with Crippen LogP contribution in [0.1, 0.15) is 6.92 Å². The van der Waals surface area contributed by atoms with Crippen molar-refractivity contribution < 1.29 is 8.78 Å². The van der Waals surface area contributed by atoms with Crippen LogP contribution < -0.4 is 5.73 Å². The first-order valence-electron chi connectivity index (χ1n) is 3.36. The first-order chi connectivity index (χ1) is 5.61. The van der Waals surface area contributed by atoms with Gasteiger partial charge in [0.2, 0.25) is 0 Å². The molecule has 0 heterocycles. The van der Waals surface area contributed by atoms with Gasteiger partial charge in [0, 0.05) is 0 Å². The predicted octanol–water partition coefficient (Wildman–Crippen LogP) is 1.97. The van der Waals surface area contributed by atoms with Crippen molar-refractivity contribution >= 4 is 11.5 Å². The summed E-state index contributed by atoms with van der Waals surface area (Å²) in [4.78, 5) is 3.50. The summed E-state index contributed by atoms with van der Waals surface area (Å²) in [5.74, 6) is -1.29. The minimum absolute atomic E-state index is 0.124. The molecule has 0 fully saturated rings. The lowest BCUT2D eigenvalue weighted by molar-refractivity contribution is 0.587. The average molecular weight is 170 g/mol. The second kappa shape index (κ2) is 3.30. The quantitative estimate of drug-likeness (QED) is 0.508. The van der Waals surface area contributed by atoms with E-state index in [9.17, 15) is 8.78 Å². The molecular weight excluding hydrogens is 162 g/mol. The largest absolute Gasteiger partial charge is 0.387 e. The molecule has 0 atom stereocenters. The van der Waals surface area contributed by atoms with Gasteiger partial charge in [-0.1, -0.05) is 6.07 Å². The summed E-state index contributed by atoms with van der Waals surface area (Å²) in [6, 6.07) is 3.53. The van der Waals surface area contributed by atoms with Crippen LogP contribution in [0.25, 0.3) is 0 Å². The number of para-hydroxylation sites is 1. The topological polar surface area (TPSA) is 38.4 Å². The molecule has 4 heteroatoms. The van der Waals surface area contributed by atoms with Gasteiger partial charge in [-0.2, -0.15) is 0 Å². The van der Waals surface area contributed by atoms with Crippen LogP contribution in [0.5, 0.6) is 0 Å². The van der Waals surface area contributed by atoms with E-state index in [4.69, 9.17) is 5.73 Å². The highest BCUT2D eigenvalue weighted by Crippen LogP contribution is 2.20. The molecule has 0 aromatic heterocycles. The van der Waals surface area contributed by atoms with E-state index in [0.717, 1.165) is 12.1 Å². The highest BCUT2D eigenvalue weighted by Gasteiger charge is 2.05. The summed E-state index contributed by atoms with van der Waals surface area (Å²) in [7, 11) is 0. The second-order valence-electron chi connectivity index (χ2n) is 2.32. The summed E-state index contributed by atoms with van der Waals surface area (Å²) in [5, 5.41) is 0. The van der Waals surface area contributed by atoms with Gasteiger partial charge in [0.15, 0.2) is 11.6 Å². The van der Waals surface area contributed by atoms with Gasteiger partial charge in [0.1, 0.15) is 5.69 Å². The highest BCUT2D eigenvalue weighted by molar-refractivity contribution is 5.80. The van der Waals surface area contributed by atoms with Gasteiger partial charge in [-0.25, -0.2) is 13.8 Å². The molecule has 0 amide bonds. The predicted molar refractivity (Wildman–Crippen MR) is 43.3 cm³/mol. The Kier molecular flexibility index (Phi) is 2.38. The van der Waals surface area contributed by atoms with Crippen LogP contribution in [0.15, 0.2) is 23.2 Å². The van der Waals surface area contributed by atoms with Crippen LogP contribution in [-0.4, -0.2) is 5.84 Å². The molecule has 1 aromatic rings. The molecule has 12 heavy (non-hydrogen) atoms. The number of nitrogens with zero attached hydrogens (tertiary/aromatic N) is 1. The van der Waals surface area contributed by atoms with E-state index in [2.05, 4.69) is 4.99 Å². The number of hydrogen-bond acceptors (Lipinski definition) is 1. The minimum Gasteiger partial charge on any atom is -0.387 e. The first-order valence-corrected chi connectivity index (χ1v) is 3.36. The maximum absolute atomic E-state index is 12.8. The molecule has 0 aliphatic heterocycles. The van der Waals surface area contributed by atoms with Crippen molar-refractivity contribution in [1.29, 1.82) is 0 Å². The molecule has 0 radical (unpaired) electrons. The summed E-state index contributed by atoms with van der Waals surface area (Å²) in [6.45, 7) is 1.46. The maximum Gasteiger partial charge on any atom is 0.151 e. The zero-order valence-corrected chi connectivity index (χ0v) is 6.51. The number of hydrogen-bond donors (Lipinski definition) is 1. The Morgan fingerprint density at radius 2 is 1.83 bits per heavy atom. The van der Waals surface area contributed by atoms with Gasteiger partial charge in [-0.15, -0.1) is 0 Å². The fourth-order valence-electron chi connectivity index (χ4n) is 0.772. The van der Waals surface area contributed by atoms with E-state index in [1.54, 1.807) is 0 Å². The molecule has 0 aliphatic rings. The third kappa shape index (κ3) is 1.78. The fourth-order valence-corrected chi connectivity index (χ4v) is 0.772. The third-order valence-electron chi connectivity index (χ3n) is 1.23. The van der Waals surface area contributed by atoms with E-state index in [-0.39, 0.29) is 11.5 Å². The molecule has 2 N–H and O–H groups in total. The smallest absolute Gasteiger partial charge is 0.151 e. The van der Waals surface area contributed by atoms with Gasteiger partial charge in [-0.05, 0) is 19.1 Å². The molecule has 1 rings (SSSR count). The van der Waals surface area contributed by atoms with Crippen molar-refractivity contribution in [3.8, 4) is 0 Å². The molecule has 0 aliphatic carbocycles. The SMILES string of the molecule is CC(N)=Nc1c(F)cccc1F. The zero-order chi connectivity index (χ0) is 9.14. The molecular formula is C8H8F2N2. The number of halogens is 2. The molecule has 2 nitrogen and oxygen atoms in total. The van der Waals surface area contributed by atoms with Crippen molar-refractivity contribution in [2.24, 2.45) is 10.7 Å². The average Bonchev–Trinajstić information content (AvgIpc) is 1.97. The monoisotopic (exact) mass is 170 g/mol. The number of nitrogens with two attached hydrogens (primary N) is 1. The number of benzene rings is 1. The van der Waals surface area contributed by atoms with Gasteiger partial charge in [0.05, 0.1) is 5.84 Å². The Hall–Kier alpha value is -1.45. The summed E-state index contributed by atoms with van der Waals surface area (Å²) < 4.78 is 25.6. The Labute approximate surface area is 68.7 Å². The second-order valence-corrected chi connectivity index (χ2v) is 2.32. The normalized spacial score (nSPS) is 11.8. The van der Waals surface area contributed by atoms with E-state index < -0.39 is 11.6 Å². The van der Waals surface area contributed by atoms with Crippen molar-refractivity contribution in [1.82, 2.24) is 0 Å². The van der Waals surface area contributed by atoms with Crippen molar-refractivity contribution in [2.75, 3.05) is 0 Å². The van der Waals surface area contributed by atoms with E-state index in [1.807, 2.05) is 0 Å². The van der Waals surface area contributed by atoms with Crippen LogP contribution in [0.2, 0.25) is 0 Å². The molecule has 64 valence electrons. The molecule has 0 saturated carbocycles. The van der Waals surface area contributed by atoms with Crippen LogP contribution in [0, 0.1) is 11.6 Å². The highest BCUT2D eigenvalue weighted by atomic mass is 19.1. The Morgan fingerprint density at radius 1 is 1.33 bits per heavy atom. The molecule has 0 spiro atoms. The van der Waals surface area contributed by atoms with Gasteiger partial charge < -0.3 is 5.73 Å². The van der Waals surface area contributed by atoms with Crippen LogP contribution in [0.4, 0.5) is 14.5 Å². The number of amidine groups is 1. The van der Waals surface area contributed by atoms with Gasteiger partial charge >= 0.3 is 0 Å². The lowest BCUT2D eigenvalue weighted by Gasteiger charge is -1.98. The van der Waals surface area contributed by atoms with Crippen LogP contribution in [0.3, 0.4) is 0 Å². The fraction of sp³-hybridized carbons (Fsp3) is 0.125. The standard InChI is InChI=1S/C8H8F2N2/c1-5(11)12-8-6(9)3-2-4-7(8)10/h2-4H,1H3,(H2,11,12). The lowest BCUT2D eigenvalue weighted by atomic mass is 10.3. The van der Waals surface area contributed by atoms with E-state index >= 15 is 0 Å². The summed E-state index contributed by atoms with van der Waals surface area (Å²) >= 11 is 0. The van der Waals surface area contributed by atoms with Crippen molar-refractivity contribution in [3.63, 3.8) is 0 Å². The minimum atomic E-state index is -0.709. The Balaban J connectivity index is 3.22. The number of aliphatic imine (C=N–C) groups is 1. The lowest BCUT2D eigenvalue weighted by Crippen LogP contribution is -2.04. The van der Waals surface area contributed by atoms with Crippen LogP contribution >= 0.6 is 0 Å². The van der Waals surface area contributed by atoms with Gasteiger partial charge in [-0.3, -0.25) is 0 Å². The van der Waals surface area contributed by atoms with Gasteiger partial charge in [0.25, 0.3) is 0 Å². The number of rotatable bonds is 1. The molecule has 0 saturated heterocycles. The van der Waals surface area contributed by atoms with E-state index in [1.165, 1.54) is 13.0 Å². The third-order valence-corrected chi connectivity index (χ3v) is 1.23. The Bertz CT molecular complexity index is 297. The summed E-state index contributed by atoms with van der Waals surface area (Å²) in [5.41, 5.74) is 4.84. The van der Waals surface area contributed by atoms with Crippen LogP contribution in [-0.2, 0) is 0 Å².